The highest BCUT2D eigenvalue weighted by atomic mass is 32.2. The summed E-state index contributed by atoms with van der Waals surface area (Å²) in [6.07, 6.45) is 6.41. The summed E-state index contributed by atoms with van der Waals surface area (Å²) in [6.45, 7) is 0. The molecule has 5 heteroatoms. The number of thioether (sulfide) groups is 1. The largest absolute Gasteiger partial charge is 0.496 e. The van der Waals surface area contributed by atoms with E-state index in [4.69, 9.17) is 9.72 Å². The Labute approximate surface area is 139 Å². The average molecular weight is 325 g/mol. The highest BCUT2D eigenvalue weighted by Crippen LogP contribution is 2.43. The van der Waals surface area contributed by atoms with Crippen LogP contribution in [0.1, 0.15) is 35.8 Å². The first-order valence-corrected chi connectivity index (χ1v) is 8.86. The molecule has 1 atom stereocenters. The van der Waals surface area contributed by atoms with Gasteiger partial charge in [-0.05, 0) is 37.5 Å². The van der Waals surface area contributed by atoms with Crippen LogP contribution >= 0.6 is 11.8 Å². The fourth-order valence-corrected chi connectivity index (χ4v) is 4.40. The molecule has 0 saturated heterocycles. The second-order valence-corrected chi connectivity index (χ2v) is 6.98. The zero-order valence-electron chi connectivity index (χ0n) is 13.1. The van der Waals surface area contributed by atoms with Crippen molar-refractivity contribution in [1.82, 2.24) is 15.0 Å². The number of H-pyrrole nitrogens is 1. The number of nitrogens with zero attached hydrogens (tertiary/aromatic N) is 2. The SMILES string of the molecule is COc1ccnc2c1CCCCC2Sc1nc2ccccc2[nH]1. The molecule has 1 N–H and O–H groups in total. The standard InChI is InChI=1S/C18H19N3OS/c1-22-15-10-11-19-17-12(15)6-2-5-9-16(17)23-18-20-13-7-3-4-8-14(13)21-18/h3-4,7-8,10-11,16H,2,5-6,9H2,1H3,(H,20,21). The second-order valence-electron chi connectivity index (χ2n) is 5.79. The lowest BCUT2D eigenvalue weighted by atomic mass is 10.1. The van der Waals surface area contributed by atoms with E-state index >= 15 is 0 Å². The predicted molar refractivity (Wildman–Crippen MR) is 93.0 cm³/mol. The van der Waals surface area contributed by atoms with E-state index in [1.54, 1.807) is 18.9 Å². The average Bonchev–Trinajstić information content (AvgIpc) is 2.88. The summed E-state index contributed by atoms with van der Waals surface area (Å²) in [5.74, 6) is 0.965. The molecule has 0 fully saturated rings. The molecule has 23 heavy (non-hydrogen) atoms. The van der Waals surface area contributed by atoms with Crippen LogP contribution in [0, 0.1) is 0 Å². The Morgan fingerprint density at radius 3 is 3.00 bits per heavy atom. The maximum atomic E-state index is 5.54. The quantitative estimate of drug-likeness (QED) is 0.719. The smallest absolute Gasteiger partial charge is 0.167 e. The molecule has 0 aliphatic heterocycles. The number of pyridine rings is 1. The molecule has 2 aromatic heterocycles. The number of aromatic nitrogens is 3. The van der Waals surface area contributed by atoms with Gasteiger partial charge in [-0.1, -0.05) is 30.3 Å². The molecule has 2 heterocycles. The van der Waals surface area contributed by atoms with Crippen molar-refractivity contribution in [3.63, 3.8) is 0 Å². The number of nitrogens with one attached hydrogen (secondary N) is 1. The maximum Gasteiger partial charge on any atom is 0.167 e. The minimum atomic E-state index is 0.322. The van der Waals surface area contributed by atoms with Crippen molar-refractivity contribution >= 4 is 22.8 Å². The summed E-state index contributed by atoms with van der Waals surface area (Å²) >= 11 is 1.78. The van der Waals surface area contributed by atoms with Gasteiger partial charge in [0.2, 0.25) is 0 Å². The van der Waals surface area contributed by atoms with E-state index in [2.05, 4.69) is 16.0 Å². The number of benzene rings is 1. The number of hydrogen-bond acceptors (Lipinski definition) is 4. The molecule has 0 spiro atoms. The summed E-state index contributed by atoms with van der Waals surface area (Å²) in [6, 6.07) is 10.1. The highest BCUT2D eigenvalue weighted by Gasteiger charge is 2.24. The molecule has 0 radical (unpaired) electrons. The van der Waals surface area contributed by atoms with Crippen LogP contribution < -0.4 is 4.74 Å². The number of fused-ring (bicyclic) bond motifs is 2. The summed E-state index contributed by atoms with van der Waals surface area (Å²) in [7, 11) is 1.74. The van der Waals surface area contributed by atoms with Crippen LogP contribution in [-0.2, 0) is 6.42 Å². The van der Waals surface area contributed by atoms with Gasteiger partial charge in [0.25, 0.3) is 0 Å². The second kappa shape index (κ2) is 6.24. The van der Waals surface area contributed by atoms with E-state index in [0.717, 1.165) is 40.5 Å². The number of methoxy groups -OCH3 is 1. The summed E-state index contributed by atoms with van der Waals surface area (Å²) < 4.78 is 5.54. The van der Waals surface area contributed by atoms with Gasteiger partial charge in [0.05, 0.1) is 29.1 Å². The molecular weight excluding hydrogens is 306 g/mol. The van der Waals surface area contributed by atoms with Crippen LogP contribution in [-0.4, -0.2) is 22.1 Å². The molecule has 1 aromatic carbocycles. The molecule has 1 aliphatic carbocycles. The third kappa shape index (κ3) is 2.81. The molecule has 4 nitrogen and oxygen atoms in total. The minimum absolute atomic E-state index is 0.322. The van der Waals surface area contributed by atoms with E-state index in [1.165, 1.54) is 18.4 Å². The predicted octanol–water partition coefficient (Wildman–Crippen LogP) is 4.53. The fraction of sp³-hybridized carbons (Fsp3) is 0.333. The third-order valence-electron chi connectivity index (χ3n) is 4.34. The number of hydrogen-bond donors (Lipinski definition) is 1. The number of para-hydroxylation sites is 2. The van der Waals surface area contributed by atoms with Gasteiger partial charge < -0.3 is 9.72 Å². The van der Waals surface area contributed by atoms with Crippen molar-refractivity contribution in [3.05, 3.63) is 47.8 Å². The van der Waals surface area contributed by atoms with Crippen LogP contribution in [0.15, 0.2) is 41.7 Å². The van der Waals surface area contributed by atoms with Crippen LogP contribution in [0.2, 0.25) is 0 Å². The van der Waals surface area contributed by atoms with Gasteiger partial charge in [0, 0.05) is 11.8 Å². The Morgan fingerprint density at radius 2 is 2.13 bits per heavy atom. The molecule has 0 saturated carbocycles. The Balaban J connectivity index is 1.69. The molecule has 1 unspecified atom stereocenters. The van der Waals surface area contributed by atoms with Gasteiger partial charge in [-0.15, -0.1) is 0 Å². The molecule has 118 valence electrons. The maximum absolute atomic E-state index is 5.54. The van der Waals surface area contributed by atoms with Gasteiger partial charge in [-0.25, -0.2) is 4.98 Å². The number of aromatic amines is 1. The van der Waals surface area contributed by atoms with E-state index < -0.39 is 0 Å². The zero-order valence-corrected chi connectivity index (χ0v) is 13.9. The van der Waals surface area contributed by atoms with Crippen molar-refractivity contribution in [2.24, 2.45) is 0 Å². The van der Waals surface area contributed by atoms with Crippen molar-refractivity contribution < 1.29 is 4.74 Å². The van der Waals surface area contributed by atoms with E-state index in [9.17, 15) is 0 Å². The first-order valence-electron chi connectivity index (χ1n) is 7.98. The molecule has 4 rings (SSSR count). The van der Waals surface area contributed by atoms with Gasteiger partial charge in [0.15, 0.2) is 5.16 Å². The first-order chi connectivity index (χ1) is 11.3. The highest BCUT2D eigenvalue weighted by molar-refractivity contribution is 7.99. The Hall–Kier alpha value is -2.01. The van der Waals surface area contributed by atoms with Gasteiger partial charge in [-0.2, -0.15) is 0 Å². The van der Waals surface area contributed by atoms with Gasteiger partial charge >= 0.3 is 0 Å². The minimum Gasteiger partial charge on any atom is -0.496 e. The van der Waals surface area contributed by atoms with Crippen LogP contribution in [0.25, 0.3) is 11.0 Å². The molecule has 1 aliphatic rings. The number of rotatable bonds is 3. The first kappa shape index (κ1) is 14.6. The van der Waals surface area contributed by atoms with Crippen molar-refractivity contribution in [3.8, 4) is 5.75 Å². The zero-order chi connectivity index (χ0) is 15.6. The monoisotopic (exact) mass is 325 g/mol. The lowest BCUT2D eigenvalue weighted by Gasteiger charge is -2.16. The van der Waals surface area contributed by atoms with Gasteiger partial charge in [-0.3, -0.25) is 4.98 Å². The van der Waals surface area contributed by atoms with E-state index in [1.807, 2.05) is 30.5 Å². The fourth-order valence-electron chi connectivity index (χ4n) is 3.21. The lowest BCUT2D eigenvalue weighted by Crippen LogP contribution is -2.02. The van der Waals surface area contributed by atoms with E-state index in [0.29, 0.717) is 5.25 Å². The number of ether oxygens (including phenoxy) is 1. The third-order valence-corrected chi connectivity index (χ3v) is 5.50. The molecule has 3 aromatic rings. The van der Waals surface area contributed by atoms with Crippen LogP contribution in [0.5, 0.6) is 5.75 Å². The Kier molecular flexibility index (Phi) is 3.95. The number of imidazole rings is 1. The molecule has 0 amide bonds. The normalized spacial score (nSPS) is 17.7. The van der Waals surface area contributed by atoms with Crippen LogP contribution in [0.3, 0.4) is 0 Å². The topological polar surface area (TPSA) is 50.8 Å². The lowest BCUT2D eigenvalue weighted by molar-refractivity contribution is 0.408. The molecule has 0 bridgehead atoms. The Bertz CT molecular complexity index is 797. The van der Waals surface area contributed by atoms with Gasteiger partial charge in [0.1, 0.15) is 5.75 Å². The van der Waals surface area contributed by atoms with E-state index in [-0.39, 0.29) is 0 Å². The van der Waals surface area contributed by atoms with Crippen molar-refractivity contribution in [2.75, 3.05) is 7.11 Å². The van der Waals surface area contributed by atoms with Crippen LogP contribution in [0.4, 0.5) is 0 Å². The Morgan fingerprint density at radius 1 is 1.22 bits per heavy atom. The van der Waals surface area contributed by atoms with Crippen molar-refractivity contribution in [1.29, 1.82) is 0 Å². The van der Waals surface area contributed by atoms with Crippen molar-refractivity contribution in [2.45, 2.75) is 36.1 Å². The summed E-state index contributed by atoms with van der Waals surface area (Å²) in [5, 5.41) is 1.29. The summed E-state index contributed by atoms with van der Waals surface area (Å²) in [5.41, 5.74) is 4.53. The summed E-state index contributed by atoms with van der Waals surface area (Å²) in [4.78, 5) is 12.8. The molecular formula is C18H19N3OS.